The van der Waals surface area contributed by atoms with Crippen molar-refractivity contribution in [2.75, 3.05) is 0 Å². The van der Waals surface area contributed by atoms with Crippen LogP contribution in [0.15, 0.2) is 18.2 Å². The van der Waals surface area contributed by atoms with Gasteiger partial charge >= 0.3 is 6.09 Å². The van der Waals surface area contributed by atoms with E-state index in [9.17, 15) is 9.59 Å². The molecule has 0 unspecified atom stereocenters. The summed E-state index contributed by atoms with van der Waals surface area (Å²) in [6, 6.07) is 5.60. The molecule has 0 spiro atoms. The first-order valence-electron chi connectivity index (χ1n) is 7.01. The molecule has 2 radical (unpaired) electrons. The van der Waals surface area contributed by atoms with Crippen molar-refractivity contribution in [1.82, 2.24) is 5.32 Å². The van der Waals surface area contributed by atoms with E-state index < -0.39 is 17.2 Å². The molecule has 4 nitrogen and oxygen atoms in total. The molecule has 1 atom stereocenters. The number of fused-ring (bicyclic) bond motifs is 1. The number of ketones is 1. The number of carbonyl (C=O) groups excluding carboxylic acids is 2. The van der Waals surface area contributed by atoms with Crippen LogP contribution in [0.1, 0.15) is 38.8 Å². The lowest BCUT2D eigenvalue weighted by molar-refractivity contribution is -0.123. The third-order valence-electron chi connectivity index (χ3n) is 3.69. The number of carbonyl (C=O) groups is 2. The summed E-state index contributed by atoms with van der Waals surface area (Å²) in [6.45, 7) is 6.84. The molecule has 0 saturated heterocycles. The first kappa shape index (κ1) is 15.6. The summed E-state index contributed by atoms with van der Waals surface area (Å²) in [7, 11) is 5.97. The summed E-state index contributed by atoms with van der Waals surface area (Å²) >= 11 is 0. The van der Waals surface area contributed by atoms with Crippen LogP contribution >= 0.6 is 0 Å². The molecule has 1 aromatic rings. The van der Waals surface area contributed by atoms with Crippen molar-refractivity contribution in [3.8, 4) is 0 Å². The molecule has 0 bridgehead atoms. The molecule has 1 aliphatic rings. The lowest BCUT2D eigenvalue weighted by Crippen LogP contribution is -2.55. The lowest BCUT2D eigenvalue weighted by Gasteiger charge is -2.29. The molecule has 0 aromatic heterocycles. The maximum absolute atomic E-state index is 12.1. The van der Waals surface area contributed by atoms with Gasteiger partial charge in [-0.05, 0) is 38.8 Å². The Balaban J connectivity index is 2.24. The Labute approximate surface area is 126 Å². The number of Topliss-reactive ketones (excluding diaryl/α,β-unsaturated/α-hetero) is 1. The highest BCUT2D eigenvalue weighted by Gasteiger charge is 2.43. The SMILES string of the molecule is [B]c1cccc2c1C[C@@](NC(=O)OC(C)(C)C)(C(C)=O)C2. The Bertz CT molecular complexity index is 592. The van der Waals surface area contributed by atoms with Gasteiger partial charge < -0.3 is 10.1 Å². The van der Waals surface area contributed by atoms with Gasteiger partial charge in [-0.2, -0.15) is 0 Å². The number of amides is 1. The van der Waals surface area contributed by atoms with Crippen molar-refractivity contribution >= 4 is 25.2 Å². The van der Waals surface area contributed by atoms with Crippen LogP contribution in [0.2, 0.25) is 0 Å². The monoisotopic (exact) mass is 285 g/mol. The molecule has 1 amide bonds. The Morgan fingerprint density at radius 1 is 1.29 bits per heavy atom. The molecule has 110 valence electrons. The minimum absolute atomic E-state index is 0.0936. The second kappa shape index (κ2) is 5.21. The van der Waals surface area contributed by atoms with E-state index in [1.807, 2.05) is 18.2 Å². The summed E-state index contributed by atoms with van der Waals surface area (Å²) in [4.78, 5) is 24.2. The largest absolute Gasteiger partial charge is 0.444 e. The van der Waals surface area contributed by atoms with E-state index in [-0.39, 0.29) is 5.78 Å². The van der Waals surface area contributed by atoms with E-state index in [4.69, 9.17) is 12.6 Å². The average Bonchev–Trinajstić information content (AvgIpc) is 2.67. The molecule has 0 aliphatic heterocycles. The van der Waals surface area contributed by atoms with Crippen LogP contribution < -0.4 is 10.8 Å². The van der Waals surface area contributed by atoms with E-state index in [0.29, 0.717) is 18.3 Å². The van der Waals surface area contributed by atoms with Gasteiger partial charge in [0.1, 0.15) is 19.0 Å². The Kier molecular flexibility index (Phi) is 3.87. The maximum Gasteiger partial charge on any atom is 0.408 e. The van der Waals surface area contributed by atoms with Crippen molar-refractivity contribution in [3.05, 3.63) is 29.3 Å². The van der Waals surface area contributed by atoms with Crippen LogP contribution in [0, 0.1) is 0 Å². The Morgan fingerprint density at radius 3 is 2.48 bits per heavy atom. The number of hydrogen-bond acceptors (Lipinski definition) is 3. The average molecular weight is 285 g/mol. The molecule has 5 heteroatoms. The van der Waals surface area contributed by atoms with Gasteiger partial charge in [0.2, 0.25) is 0 Å². The highest BCUT2D eigenvalue weighted by molar-refractivity contribution is 6.33. The van der Waals surface area contributed by atoms with Gasteiger partial charge in [-0.1, -0.05) is 23.7 Å². The molecule has 0 heterocycles. The molecule has 21 heavy (non-hydrogen) atoms. The molecule has 1 aromatic carbocycles. The second-order valence-corrected chi connectivity index (χ2v) is 6.60. The number of nitrogens with one attached hydrogen (secondary N) is 1. The molecule has 1 aliphatic carbocycles. The zero-order valence-corrected chi connectivity index (χ0v) is 12.9. The van der Waals surface area contributed by atoms with Gasteiger partial charge in [0, 0.05) is 12.8 Å². The fraction of sp³-hybridized carbons (Fsp3) is 0.500. The van der Waals surface area contributed by atoms with Gasteiger partial charge in [0.15, 0.2) is 5.78 Å². The highest BCUT2D eigenvalue weighted by Crippen LogP contribution is 2.30. The minimum atomic E-state index is -0.958. The van der Waals surface area contributed by atoms with Crippen molar-refractivity contribution < 1.29 is 14.3 Å². The van der Waals surface area contributed by atoms with E-state index >= 15 is 0 Å². The minimum Gasteiger partial charge on any atom is -0.444 e. The topological polar surface area (TPSA) is 55.4 Å². The zero-order chi connectivity index (χ0) is 15.8. The zero-order valence-electron chi connectivity index (χ0n) is 12.9. The highest BCUT2D eigenvalue weighted by atomic mass is 16.6. The number of alkyl carbamates (subject to hydrolysis) is 1. The first-order chi connectivity index (χ1) is 9.63. The molecule has 0 fully saturated rings. The van der Waals surface area contributed by atoms with Crippen LogP contribution in [-0.4, -0.2) is 30.9 Å². The summed E-state index contributed by atoms with van der Waals surface area (Å²) in [5.41, 5.74) is 1.03. The van der Waals surface area contributed by atoms with E-state index in [2.05, 4.69) is 5.32 Å². The molecule has 1 N–H and O–H groups in total. The fourth-order valence-electron chi connectivity index (χ4n) is 2.65. The molecule has 2 rings (SSSR count). The fourth-order valence-corrected chi connectivity index (χ4v) is 2.65. The summed E-state index contributed by atoms with van der Waals surface area (Å²) in [5, 5.41) is 2.76. The van der Waals surface area contributed by atoms with Crippen LogP contribution in [0.3, 0.4) is 0 Å². The van der Waals surface area contributed by atoms with Crippen molar-refractivity contribution in [2.24, 2.45) is 0 Å². The van der Waals surface area contributed by atoms with Gasteiger partial charge in [-0.25, -0.2) is 4.79 Å². The summed E-state index contributed by atoms with van der Waals surface area (Å²) in [6.07, 6.45) is 0.273. The Morgan fingerprint density at radius 2 is 1.95 bits per heavy atom. The number of benzene rings is 1. The number of rotatable bonds is 2. The molecule has 0 saturated carbocycles. The number of hydrogen-bond donors (Lipinski definition) is 1. The van der Waals surface area contributed by atoms with Gasteiger partial charge in [-0.3, -0.25) is 4.79 Å². The summed E-state index contributed by atoms with van der Waals surface area (Å²) < 4.78 is 5.27. The van der Waals surface area contributed by atoms with Crippen molar-refractivity contribution in [2.45, 2.75) is 51.7 Å². The maximum atomic E-state index is 12.1. The van der Waals surface area contributed by atoms with Gasteiger partial charge in [0.05, 0.1) is 0 Å². The predicted octanol–water partition coefficient (Wildman–Crippen LogP) is 1.43. The smallest absolute Gasteiger partial charge is 0.408 e. The number of ether oxygens (including phenoxy) is 1. The quantitative estimate of drug-likeness (QED) is 0.836. The normalized spacial score (nSPS) is 20.8. The van der Waals surface area contributed by atoms with Gasteiger partial charge in [0.25, 0.3) is 0 Å². The molecular formula is C16H20BNO3. The lowest BCUT2D eigenvalue weighted by atomic mass is 9.86. The van der Waals surface area contributed by atoms with E-state index in [1.165, 1.54) is 6.92 Å². The third kappa shape index (κ3) is 3.28. The first-order valence-corrected chi connectivity index (χ1v) is 7.01. The van der Waals surface area contributed by atoms with Crippen LogP contribution in [0.4, 0.5) is 4.79 Å². The van der Waals surface area contributed by atoms with Gasteiger partial charge in [-0.15, -0.1) is 0 Å². The molecular weight excluding hydrogens is 265 g/mol. The van der Waals surface area contributed by atoms with Crippen molar-refractivity contribution in [1.29, 1.82) is 0 Å². The van der Waals surface area contributed by atoms with Crippen LogP contribution in [-0.2, 0) is 22.4 Å². The predicted molar refractivity (Wildman–Crippen MR) is 82.0 cm³/mol. The van der Waals surface area contributed by atoms with Crippen LogP contribution in [0.5, 0.6) is 0 Å². The van der Waals surface area contributed by atoms with E-state index in [0.717, 1.165) is 11.1 Å². The standard InChI is InChI=1S/C16H20BNO3/c1-10(19)16(18-14(20)21-15(2,3)4)8-11-6-5-7-13(17)12(11)9-16/h5-7H,8-9H2,1-4H3,(H,18,20)/t16-/m1/s1. The van der Waals surface area contributed by atoms with Crippen molar-refractivity contribution in [3.63, 3.8) is 0 Å². The summed E-state index contributed by atoms with van der Waals surface area (Å²) in [5.74, 6) is -0.0936. The Hall–Kier alpha value is -1.78. The van der Waals surface area contributed by atoms with E-state index in [1.54, 1.807) is 20.8 Å². The van der Waals surface area contributed by atoms with Crippen LogP contribution in [0.25, 0.3) is 0 Å². The third-order valence-corrected chi connectivity index (χ3v) is 3.69. The second-order valence-electron chi connectivity index (χ2n) is 6.60.